The first kappa shape index (κ1) is 43.7. The summed E-state index contributed by atoms with van der Waals surface area (Å²) in [6.07, 6.45) is 2.24. The lowest BCUT2D eigenvalue weighted by molar-refractivity contribution is -0.142. The van der Waals surface area contributed by atoms with E-state index < -0.39 is 0 Å². The average Bonchev–Trinajstić information content (AvgIpc) is 3.91. The molecule has 58 heavy (non-hydrogen) atoms. The zero-order chi connectivity index (χ0) is 41.3. The Kier molecular flexibility index (Phi) is 17.0. The van der Waals surface area contributed by atoms with Crippen molar-refractivity contribution in [3.05, 3.63) is 141 Å². The van der Waals surface area contributed by atoms with Crippen LogP contribution in [0.15, 0.2) is 120 Å². The second-order valence-corrected chi connectivity index (χ2v) is 15.5. The highest BCUT2D eigenvalue weighted by Crippen LogP contribution is 2.32. The average molecular weight is 858 g/mol. The SMILES string of the molecule is COC(=O)CC[C@@H](Cc1ccccc1)C(=O)Nc1nc(-c2ccccc2Cl)cs1.COC(=O)CC[C@H](Cc1ccccc1)C(=O)Nc1nc(-c2ccccc2Cl)cs1. The van der Waals surface area contributed by atoms with Gasteiger partial charge in [-0.2, -0.15) is 0 Å². The second-order valence-electron chi connectivity index (χ2n) is 13.0. The molecule has 14 heteroatoms. The molecule has 2 N–H and O–H groups in total. The van der Waals surface area contributed by atoms with Crippen LogP contribution in [0.3, 0.4) is 0 Å². The van der Waals surface area contributed by atoms with Gasteiger partial charge in [-0.3, -0.25) is 19.2 Å². The summed E-state index contributed by atoms with van der Waals surface area (Å²) in [7, 11) is 2.70. The smallest absolute Gasteiger partial charge is 0.305 e. The van der Waals surface area contributed by atoms with Crippen molar-refractivity contribution in [2.24, 2.45) is 11.8 Å². The molecule has 0 radical (unpaired) electrons. The molecule has 0 aliphatic carbocycles. The standard InChI is InChI=1S/2C22H21ClN2O3S/c2*1-28-20(26)12-11-16(13-15-7-3-2-4-8-15)21(27)25-22-24-19(14-29-22)17-9-5-6-10-18(17)23/h2*2-10,14,16H,11-13H2,1H3,(H,24,25,27)/t2*16-/m10/s1. The number of nitrogens with zero attached hydrogens (tertiary/aromatic N) is 2. The minimum absolute atomic E-state index is 0.169. The predicted molar refractivity (Wildman–Crippen MR) is 232 cm³/mol. The predicted octanol–water partition coefficient (Wildman–Crippen LogP) is 10.4. The normalized spacial score (nSPS) is 11.7. The number of halogens is 2. The highest BCUT2D eigenvalue weighted by Gasteiger charge is 2.23. The minimum Gasteiger partial charge on any atom is -0.469 e. The van der Waals surface area contributed by atoms with E-state index in [0.717, 1.165) is 22.3 Å². The summed E-state index contributed by atoms with van der Waals surface area (Å²) in [5, 5.41) is 11.7. The molecule has 0 bridgehead atoms. The summed E-state index contributed by atoms with van der Waals surface area (Å²) in [6.45, 7) is 0. The lowest BCUT2D eigenvalue weighted by atomic mass is 9.94. The molecule has 6 aromatic rings. The van der Waals surface area contributed by atoms with E-state index in [4.69, 9.17) is 32.7 Å². The number of carbonyl (C=O) groups excluding carboxylic acids is 4. The molecule has 0 spiro atoms. The van der Waals surface area contributed by atoms with Gasteiger partial charge >= 0.3 is 11.9 Å². The molecule has 0 fully saturated rings. The van der Waals surface area contributed by atoms with Crippen LogP contribution in [-0.4, -0.2) is 47.9 Å². The Hall–Kier alpha value is -5.40. The van der Waals surface area contributed by atoms with Gasteiger partial charge in [-0.1, -0.05) is 120 Å². The molecule has 0 saturated carbocycles. The quantitative estimate of drug-likeness (QED) is 0.0918. The summed E-state index contributed by atoms with van der Waals surface area (Å²) in [6, 6.07) is 34.3. The van der Waals surface area contributed by atoms with Gasteiger partial charge in [0.05, 0.1) is 25.6 Å². The molecule has 0 saturated heterocycles. The van der Waals surface area contributed by atoms with Crippen molar-refractivity contribution in [2.45, 2.75) is 38.5 Å². The first-order valence-corrected chi connectivity index (χ1v) is 20.9. The number of aromatic nitrogens is 2. The Bertz CT molecular complexity index is 2110. The van der Waals surface area contributed by atoms with Gasteiger partial charge in [-0.05, 0) is 48.9 Å². The Balaban J connectivity index is 0.000000221. The maximum absolute atomic E-state index is 12.9. The summed E-state index contributed by atoms with van der Waals surface area (Å²) in [5.41, 5.74) is 5.13. The zero-order valence-electron chi connectivity index (χ0n) is 31.9. The van der Waals surface area contributed by atoms with Crippen LogP contribution >= 0.6 is 45.9 Å². The topological polar surface area (TPSA) is 137 Å². The van der Waals surface area contributed by atoms with Crippen molar-refractivity contribution in [1.82, 2.24) is 9.97 Å². The number of ether oxygens (including phenoxy) is 2. The number of amides is 2. The highest BCUT2D eigenvalue weighted by atomic mass is 35.5. The molecule has 2 atom stereocenters. The molecule has 10 nitrogen and oxygen atoms in total. The number of methoxy groups -OCH3 is 2. The first-order valence-electron chi connectivity index (χ1n) is 18.4. The molecule has 2 amide bonds. The van der Waals surface area contributed by atoms with Crippen molar-refractivity contribution in [3.8, 4) is 22.5 Å². The maximum Gasteiger partial charge on any atom is 0.305 e. The number of rotatable bonds is 16. The van der Waals surface area contributed by atoms with Gasteiger partial charge in [0, 0.05) is 56.6 Å². The number of carbonyl (C=O) groups is 4. The van der Waals surface area contributed by atoms with E-state index in [2.05, 4.69) is 20.6 Å². The third-order valence-corrected chi connectivity index (χ3v) is 11.2. The fraction of sp³-hybridized carbons (Fsp3) is 0.227. The van der Waals surface area contributed by atoms with Crippen molar-refractivity contribution >= 4 is 79.9 Å². The molecular formula is C44H42Cl2N4O6S2. The number of benzene rings is 4. The van der Waals surface area contributed by atoms with Crippen LogP contribution in [0.5, 0.6) is 0 Å². The van der Waals surface area contributed by atoms with Gasteiger partial charge in [0.25, 0.3) is 0 Å². The summed E-state index contributed by atoms with van der Waals surface area (Å²) in [4.78, 5) is 57.9. The van der Waals surface area contributed by atoms with Crippen LogP contribution in [-0.2, 0) is 41.5 Å². The number of esters is 2. The van der Waals surface area contributed by atoms with Crippen LogP contribution < -0.4 is 10.6 Å². The third kappa shape index (κ3) is 13.3. The summed E-state index contributed by atoms with van der Waals surface area (Å²) < 4.78 is 9.44. The fourth-order valence-electron chi connectivity index (χ4n) is 5.90. The number of thiazole rings is 2. The molecular weight excluding hydrogens is 816 g/mol. The van der Waals surface area contributed by atoms with Crippen molar-refractivity contribution in [2.75, 3.05) is 24.9 Å². The van der Waals surface area contributed by atoms with Crippen LogP contribution in [0.1, 0.15) is 36.8 Å². The second kappa shape index (κ2) is 22.5. The molecule has 4 aromatic carbocycles. The Labute approximate surface area is 355 Å². The van der Waals surface area contributed by atoms with Gasteiger partial charge in [-0.25, -0.2) is 9.97 Å². The highest BCUT2D eigenvalue weighted by molar-refractivity contribution is 7.14. The van der Waals surface area contributed by atoms with Gasteiger partial charge < -0.3 is 20.1 Å². The third-order valence-electron chi connectivity index (χ3n) is 9.01. The molecule has 0 unspecified atom stereocenters. The van der Waals surface area contributed by atoms with E-state index in [1.807, 2.05) is 108 Å². The molecule has 0 aliphatic heterocycles. The zero-order valence-corrected chi connectivity index (χ0v) is 35.0. The van der Waals surface area contributed by atoms with E-state index in [1.165, 1.54) is 36.9 Å². The van der Waals surface area contributed by atoms with E-state index in [-0.39, 0.29) is 48.4 Å². The van der Waals surface area contributed by atoms with Gasteiger partial charge in [0.1, 0.15) is 0 Å². The summed E-state index contributed by atoms with van der Waals surface area (Å²) in [5.74, 6) is -1.74. The number of hydrogen-bond donors (Lipinski definition) is 2. The largest absolute Gasteiger partial charge is 0.469 e. The molecule has 2 heterocycles. The van der Waals surface area contributed by atoms with Gasteiger partial charge in [-0.15, -0.1) is 22.7 Å². The Morgan fingerprint density at radius 1 is 0.569 bits per heavy atom. The summed E-state index contributed by atoms with van der Waals surface area (Å²) >= 11 is 15.1. The van der Waals surface area contributed by atoms with Crippen molar-refractivity contribution < 1.29 is 28.7 Å². The lowest BCUT2D eigenvalue weighted by Crippen LogP contribution is -2.25. The first-order chi connectivity index (χ1) is 28.1. The monoisotopic (exact) mass is 856 g/mol. The number of hydrogen-bond acceptors (Lipinski definition) is 10. The molecule has 2 aromatic heterocycles. The van der Waals surface area contributed by atoms with Crippen LogP contribution in [0.2, 0.25) is 10.0 Å². The van der Waals surface area contributed by atoms with E-state index in [9.17, 15) is 19.2 Å². The maximum atomic E-state index is 12.9. The number of nitrogens with one attached hydrogen (secondary N) is 2. The number of anilines is 2. The van der Waals surface area contributed by atoms with Crippen LogP contribution in [0.4, 0.5) is 10.3 Å². The van der Waals surface area contributed by atoms with Gasteiger partial charge in [0.2, 0.25) is 11.8 Å². The van der Waals surface area contributed by atoms with Crippen LogP contribution in [0, 0.1) is 11.8 Å². The van der Waals surface area contributed by atoms with E-state index >= 15 is 0 Å². The van der Waals surface area contributed by atoms with Crippen molar-refractivity contribution in [3.63, 3.8) is 0 Å². The minimum atomic E-state index is -0.371. The van der Waals surface area contributed by atoms with Crippen molar-refractivity contribution in [1.29, 1.82) is 0 Å². The fourth-order valence-corrected chi connectivity index (χ4v) is 7.79. The van der Waals surface area contributed by atoms with E-state index in [0.29, 0.717) is 57.4 Å². The van der Waals surface area contributed by atoms with Crippen LogP contribution in [0.25, 0.3) is 22.5 Å². The van der Waals surface area contributed by atoms with Gasteiger partial charge in [0.15, 0.2) is 10.3 Å². The molecule has 6 rings (SSSR count). The molecule has 0 aliphatic rings. The lowest BCUT2D eigenvalue weighted by Gasteiger charge is -2.15. The molecule has 300 valence electrons. The van der Waals surface area contributed by atoms with E-state index in [1.54, 1.807) is 12.1 Å². The Morgan fingerprint density at radius 3 is 1.29 bits per heavy atom. The Morgan fingerprint density at radius 2 is 0.931 bits per heavy atom.